The quantitative estimate of drug-likeness (QED) is 0.211. The molecule has 2 nitrogen and oxygen atoms in total. The van der Waals surface area contributed by atoms with Gasteiger partial charge < -0.3 is 33.2 Å². The van der Waals surface area contributed by atoms with E-state index in [1.54, 1.807) is 0 Å². The average Bonchev–Trinajstić information content (AvgIpc) is 2.56. The summed E-state index contributed by atoms with van der Waals surface area (Å²) in [6.45, 7) is 8.03. The molecule has 0 radical (unpaired) electrons. The predicted octanol–water partition coefficient (Wildman–Crippen LogP) is 2.95. The Morgan fingerprint density at radius 3 is 1.42 bits per heavy atom. The molecular weight excluding hydrogens is 409 g/mol. The largest absolute Gasteiger partial charge is 1.00 e. The molecule has 1 heterocycles. The molecule has 0 N–H and O–H groups in total. The van der Waals surface area contributed by atoms with Crippen molar-refractivity contribution in [2.24, 2.45) is 0 Å². The molecule has 24 heavy (non-hydrogen) atoms. The zero-order chi connectivity index (χ0) is 16.6. The van der Waals surface area contributed by atoms with E-state index in [0.29, 0.717) is 0 Å². The zero-order valence-corrected chi connectivity index (χ0v) is 18.8. The second kappa shape index (κ2) is 17.1. The van der Waals surface area contributed by atoms with Crippen LogP contribution in [0.1, 0.15) is 96.8 Å². The number of morpholine rings is 1. The first kappa shape index (κ1) is 24.7. The molecule has 0 bridgehead atoms. The first-order chi connectivity index (χ1) is 11.3. The molecule has 3 heteroatoms. The maximum atomic E-state index is 5.47. The monoisotopic (exact) mass is 453 g/mol. The third-order valence-electron chi connectivity index (χ3n) is 5.60. The van der Waals surface area contributed by atoms with Gasteiger partial charge in [0.15, 0.2) is 0 Å². The fourth-order valence-corrected chi connectivity index (χ4v) is 3.70. The smallest absolute Gasteiger partial charge is 0.102 e. The molecule has 1 fully saturated rings. The Kier molecular flexibility index (Phi) is 17.5. The van der Waals surface area contributed by atoms with Crippen LogP contribution >= 0.6 is 0 Å². The first-order valence-electron chi connectivity index (χ1n) is 10.7. The molecule has 0 saturated carbocycles. The molecule has 0 aromatic carbocycles. The fourth-order valence-electron chi connectivity index (χ4n) is 3.70. The van der Waals surface area contributed by atoms with Gasteiger partial charge in [0, 0.05) is 0 Å². The molecular formula is C21H44INO. The minimum absolute atomic E-state index is 0. The van der Waals surface area contributed by atoms with Crippen LogP contribution < -0.4 is 24.0 Å². The van der Waals surface area contributed by atoms with Gasteiger partial charge in [-0.25, -0.2) is 0 Å². The van der Waals surface area contributed by atoms with Crippen LogP contribution in [-0.2, 0) is 4.74 Å². The first-order valence-corrected chi connectivity index (χ1v) is 10.7. The van der Waals surface area contributed by atoms with Gasteiger partial charge in [0.05, 0.1) is 26.8 Å². The maximum Gasteiger partial charge on any atom is 0.102 e. The zero-order valence-electron chi connectivity index (χ0n) is 16.7. The lowest BCUT2D eigenvalue weighted by atomic mass is 10.0. The molecule has 1 rings (SSSR count). The number of halogens is 1. The molecule has 0 aromatic heterocycles. The summed E-state index contributed by atoms with van der Waals surface area (Å²) in [5.74, 6) is 0. The van der Waals surface area contributed by atoms with Crippen molar-refractivity contribution in [3.05, 3.63) is 0 Å². The van der Waals surface area contributed by atoms with Crippen LogP contribution in [0.4, 0.5) is 0 Å². The molecule has 0 atom stereocenters. The van der Waals surface area contributed by atoms with Crippen molar-refractivity contribution in [1.82, 2.24) is 0 Å². The summed E-state index contributed by atoms with van der Waals surface area (Å²) in [4.78, 5) is 0. The summed E-state index contributed by atoms with van der Waals surface area (Å²) >= 11 is 0. The van der Waals surface area contributed by atoms with E-state index in [0.717, 1.165) is 13.2 Å². The summed E-state index contributed by atoms with van der Waals surface area (Å²) in [7, 11) is 2.41. The molecule has 0 unspecified atom stereocenters. The number of unbranched alkanes of at least 4 members (excludes halogenated alkanes) is 13. The van der Waals surface area contributed by atoms with Gasteiger partial charge in [-0.2, -0.15) is 0 Å². The highest BCUT2D eigenvalue weighted by Crippen LogP contribution is 2.14. The summed E-state index contributed by atoms with van der Waals surface area (Å²) in [6.07, 6.45) is 20.3. The number of hydrogen-bond acceptors (Lipinski definition) is 1. The van der Waals surface area contributed by atoms with Gasteiger partial charge in [0.25, 0.3) is 0 Å². The molecule has 0 aromatic rings. The topological polar surface area (TPSA) is 9.23 Å². The van der Waals surface area contributed by atoms with Crippen LogP contribution in [0, 0.1) is 0 Å². The Morgan fingerprint density at radius 2 is 1.00 bits per heavy atom. The van der Waals surface area contributed by atoms with Crippen molar-refractivity contribution in [2.75, 3.05) is 39.9 Å². The lowest BCUT2D eigenvalue weighted by Gasteiger charge is -2.37. The van der Waals surface area contributed by atoms with Gasteiger partial charge in [-0.1, -0.05) is 84.0 Å². The van der Waals surface area contributed by atoms with Crippen LogP contribution in [0.15, 0.2) is 0 Å². The predicted molar refractivity (Wildman–Crippen MR) is 102 cm³/mol. The maximum absolute atomic E-state index is 5.47. The van der Waals surface area contributed by atoms with E-state index < -0.39 is 0 Å². The van der Waals surface area contributed by atoms with E-state index >= 15 is 0 Å². The van der Waals surface area contributed by atoms with E-state index in [2.05, 4.69) is 14.0 Å². The average molecular weight is 453 g/mol. The molecule has 0 aliphatic carbocycles. The molecule has 1 aliphatic heterocycles. The van der Waals surface area contributed by atoms with Crippen LogP contribution in [0.5, 0.6) is 0 Å². The van der Waals surface area contributed by atoms with Gasteiger partial charge in [0.1, 0.15) is 13.1 Å². The molecule has 1 saturated heterocycles. The number of likely N-dealkylation sites (N-methyl/N-ethyl adjacent to an activating group) is 1. The van der Waals surface area contributed by atoms with Crippen molar-refractivity contribution in [1.29, 1.82) is 0 Å². The van der Waals surface area contributed by atoms with E-state index in [-0.39, 0.29) is 24.0 Å². The Balaban J connectivity index is 0.00000529. The Labute approximate surface area is 169 Å². The second-order valence-electron chi connectivity index (χ2n) is 8.00. The van der Waals surface area contributed by atoms with Crippen LogP contribution in [-0.4, -0.2) is 44.4 Å². The Hall–Kier alpha value is 0.650. The number of quaternary nitrogens is 1. The Bertz CT molecular complexity index is 254. The van der Waals surface area contributed by atoms with Gasteiger partial charge in [-0.15, -0.1) is 0 Å². The minimum atomic E-state index is 0. The normalized spacial score (nSPS) is 16.8. The van der Waals surface area contributed by atoms with Gasteiger partial charge in [0.2, 0.25) is 0 Å². The summed E-state index contributed by atoms with van der Waals surface area (Å²) in [5, 5.41) is 0. The van der Waals surface area contributed by atoms with Crippen LogP contribution in [0.25, 0.3) is 0 Å². The van der Waals surface area contributed by atoms with Crippen molar-refractivity contribution in [3.63, 3.8) is 0 Å². The SMILES string of the molecule is CCCCCCCCCCCCCCCC[N+]1(C)CCOCC1.[I-]. The van der Waals surface area contributed by atoms with E-state index in [4.69, 9.17) is 4.74 Å². The number of rotatable bonds is 15. The van der Waals surface area contributed by atoms with Crippen molar-refractivity contribution >= 4 is 0 Å². The van der Waals surface area contributed by atoms with Crippen LogP contribution in [0.3, 0.4) is 0 Å². The number of hydrogen-bond donors (Lipinski definition) is 0. The minimum Gasteiger partial charge on any atom is -1.00 e. The van der Waals surface area contributed by atoms with E-state index in [1.165, 1.54) is 114 Å². The third-order valence-corrected chi connectivity index (χ3v) is 5.60. The number of nitrogens with zero attached hydrogens (tertiary/aromatic N) is 1. The van der Waals surface area contributed by atoms with Gasteiger partial charge in [-0.3, -0.25) is 0 Å². The van der Waals surface area contributed by atoms with Crippen molar-refractivity contribution in [3.8, 4) is 0 Å². The standard InChI is InChI=1S/C21H44NO.HI/c1-3-4-5-6-7-8-9-10-11-12-13-14-15-16-17-22(2)18-20-23-21-19-22;/h3-21H2,1-2H3;1H/q+1;/p-1. The van der Waals surface area contributed by atoms with Crippen molar-refractivity contribution in [2.45, 2.75) is 96.8 Å². The highest BCUT2D eigenvalue weighted by molar-refractivity contribution is 4.51. The lowest BCUT2D eigenvalue weighted by molar-refractivity contribution is -0.917. The third kappa shape index (κ3) is 13.9. The molecule has 146 valence electrons. The molecule has 1 aliphatic rings. The molecule has 0 spiro atoms. The summed E-state index contributed by atoms with van der Waals surface area (Å²) in [5.41, 5.74) is 0. The molecule has 0 amide bonds. The highest BCUT2D eigenvalue weighted by Gasteiger charge is 2.23. The van der Waals surface area contributed by atoms with Crippen molar-refractivity contribution < 1.29 is 33.2 Å². The summed E-state index contributed by atoms with van der Waals surface area (Å²) in [6, 6.07) is 0. The summed E-state index contributed by atoms with van der Waals surface area (Å²) < 4.78 is 6.72. The van der Waals surface area contributed by atoms with Gasteiger partial charge >= 0.3 is 0 Å². The van der Waals surface area contributed by atoms with E-state index in [1.807, 2.05) is 0 Å². The number of ether oxygens (including phenoxy) is 1. The Morgan fingerprint density at radius 1 is 0.625 bits per heavy atom. The highest BCUT2D eigenvalue weighted by atomic mass is 127. The van der Waals surface area contributed by atoms with Crippen LogP contribution in [0.2, 0.25) is 0 Å². The second-order valence-corrected chi connectivity index (χ2v) is 8.00. The lowest BCUT2D eigenvalue weighted by Crippen LogP contribution is -3.00. The van der Waals surface area contributed by atoms with E-state index in [9.17, 15) is 0 Å². The van der Waals surface area contributed by atoms with Gasteiger partial charge in [-0.05, 0) is 12.8 Å². The fraction of sp³-hybridized carbons (Fsp3) is 1.00.